The number of carbonyl (C=O) groups excluding carboxylic acids is 2. The minimum absolute atomic E-state index is 0.122. The van der Waals surface area contributed by atoms with Gasteiger partial charge in [0.05, 0.1) is 6.54 Å². The highest BCUT2D eigenvalue weighted by atomic mass is 19.3. The number of rotatable bonds is 5. The predicted molar refractivity (Wildman–Crippen MR) is 65.6 cm³/mol. The zero-order valence-corrected chi connectivity index (χ0v) is 11.2. The van der Waals surface area contributed by atoms with Crippen LogP contribution in [0, 0.1) is 11.8 Å². The fraction of sp³-hybridized carbons (Fsp3) is 0.846. The third-order valence-electron chi connectivity index (χ3n) is 4.06. The SMILES string of the molecule is CCC(C)C1C(=O)NC(C2CC2)C(=O)N1CC(F)F. The predicted octanol–water partition coefficient (Wildman–Crippen LogP) is 1.40. The minimum Gasteiger partial charge on any atom is -0.342 e. The van der Waals surface area contributed by atoms with Crippen LogP contribution >= 0.6 is 0 Å². The second-order valence-electron chi connectivity index (χ2n) is 5.54. The molecule has 1 saturated carbocycles. The van der Waals surface area contributed by atoms with Gasteiger partial charge in [-0.1, -0.05) is 20.3 Å². The summed E-state index contributed by atoms with van der Waals surface area (Å²) in [6.45, 7) is 3.05. The molecule has 108 valence electrons. The standard InChI is InChI=1S/C13H20F2N2O2/c1-3-7(2)11-12(18)16-10(8-4-5-8)13(19)17(11)6-9(14)15/h7-11H,3-6H2,1-2H3,(H,16,18). The van der Waals surface area contributed by atoms with Gasteiger partial charge in [-0.15, -0.1) is 0 Å². The zero-order chi connectivity index (χ0) is 14.2. The van der Waals surface area contributed by atoms with Crippen LogP contribution in [0.2, 0.25) is 0 Å². The lowest BCUT2D eigenvalue weighted by Crippen LogP contribution is -2.66. The van der Waals surface area contributed by atoms with Crippen molar-refractivity contribution in [2.24, 2.45) is 11.8 Å². The van der Waals surface area contributed by atoms with E-state index in [1.54, 1.807) is 0 Å². The highest BCUT2D eigenvalue weighted by molar-refractivity contribution is 5.97. The van der Waals surface area contributed by atoms with Crippen LogP contribution in [0.1, 0.15) is 33.1 Å². The van der Waals surface area contributed by atoms with Gasteiger partial charge >= 0.3 is 0 Å². The highest BCUT2D eigenvalue weighted by Crippen LogP contribution is 2.36. The van der Waals surface area contributed by atoms with E-state index >= 15 is 0 Å². The molecule has 1 saturated heterocycles. The molecule has 0 spiro atoms. The molecule has 2 aliphatic rings. The summed E-state index contributed by atoms with van der Waals surface area (Å²) in [6.07, 6.45) is -0.180. The smallest absolute Gasteiger partial charge is 0.255 e. The number of piperazine rings is 1. The number of halogens is 2. The fourth-order valence-corrected chi connectivity index (χ4v) is 2.65. The van der Waals surface area contributed by atoms with E-state index < -0.39 is 25.1 Å². The largest absolute Gasteiger partial charge is 0.342 e. The molecule has 2 fully saturated rings. The Hall–Kier alpha value is -1.20. The van der Waals surface area contributed by atoms with Crippen molar-refractivity contribution in [3.8, 4) is 0 Å². The second-order valence-corrected chi connectivity index (χ2v) is 5.54. The van der Waals surface area contributed by atoms with Crippen LogP contribution in [-0.4, -0.2) is 41.8 Å². The van der Waals surface area contributed by atoms with Gasteiger partial charge in [-0.25, -0.2) is 8.78 Å². The van der Waals surface area contributed by atoms with Gasteiger partial charge in [0.25, 0.3) is 6.43 Å². The van der Waals surface area contributed by atoms with Gasteiger partial charge in [0.1, 0.15) is 12.1 Å². The van der Waals surface area contributed by atoms with Crippen molar-refractivity contribution in [1.82, 2.24) is 10.2 Å². The molecule has 2 rings (SSSR count). The Bertz CT molecular complexity index is 372. The number of carbonyl (C=O) groups is 2. The molecule has 0 radical (unpaired) electrons. The van der Waals surface area contributed by atoms with E-state index in [4.69, 9.17) is 0 Å². The summed E-state index contributed by atoms with van der Waals surface area (Å²) in [7, 11) is 0. The van der Waals surface area contributed by atoms with E-state index in [1.807, 2.05) is 13.8 Å². The van der Waals surface area contributed by atoms with Gasteiger partial charge < -0.3 is 10.2 Å². The molecule has 19 heavy (non-hydrogen) atoms. The van der Waals surface area contributed by atoms with Crippen LogP contribution in [0.25, 0.3) is 0 Å². The first kappa shape index (κ1) is 14.2. The number of hydrogen-bond donors (Lipinski definition) is 1. The molecule has 0 aromatic carbocycles. The molecule has 1 aliphatic heterocycles. The Morgan fingerprint density at radius 3 is 2.47 bits per heavy atom. The molecule has 0 aromatic heterocycles. The zero-order valence-electron chi connectivity index (χ0n) is 11.2. The number of nitrogens with zero attached hydrogens (tertiary/aromatic N) is 1. The summed E-state index contributed by atoms with van der Waals surface area (Å²) in [5, 5.41) is 2.72. The normalized spacial score (nSPS) is 29.6. The van der Waals surface area contributed by atoms with Crippen LogP contribution < -0.4 is 5.32 Å². The van der Waals surface area contributed by atoms with Gasteiger partial charge in [0.2, 0.25) is 11.8 Å². The Morgan fingerprint density at radius 2 is 2.00 bits per heavy atom. The van der Waals surface area contributed by atoms with Gasteiger partial charge in [0.15, 0.2) is 0 Å². The van der Waals surface area contributed by atoms with Gasteiger partial charge in [0, 0.05) is 0 Å². The van der Waals surface area contributed by atoms with Gasteiger partial charge in [-0.2, -0.15) is 0 Å². The van der Waals surface area contributed by atoms with Gasteiger partial charge in [-0.3, -0.25) is 9.59 Å². The average Bonchev–Trinajstić information content (AvgIpc) is 3.16. The third-order valence-corrected chi connectivity index (χ3v) is 4.06. The molecule has 1 aliphatic carbocycles. The Morgan fingerprint density at radius 1 is 1.37 bits per heavy atom. The van der Waals surface area contributed by atoms with Crippen LogP contribution in [-0.2, 0) is 9.59 Å². The summed E-state index contributed by atoms with van der Waals surface area (Å²) in [5.74, 6) is -0.614. The quantitative estimate of drug-likeness (QED) is 0.824. The highest BCUT2D eigenvalue weighted by Gasteiger charge is 2.48. The first-order valence-corrected chi connectivity index (χ1v) is 6.84. The summed E-state index contributed by atoms with van der Waals surface area (Å²) < 4.78 is 25.4. The molecule has 3 unspecified atom stereocenters. The van der Waals surface area contributed by atoms with Crippen molar-refractivity contribution in [2.45, 2.75) is 51.6 Å². The Balaban J connectivity index is 2.21. The fourth-order valence-electron chi connectivity index (χ4n) is 2.65. The maximum atomic E-state index is 12.7. The topological polar surface area (TPSA) is 49.4 Å². The first-order chi connectivity index (χ1) is 8.95. The number of nitrogens with one attached hydrogen (secondary N) is 1. The van der Waals surface area contributed by atoms with Crippen molar-refractivity contribution in [1.29, 1.82) is 0 Å². The third kappa shape index (κ3) is 2.87. The lowest BCUT2D eigenvalue weighted by molar-refractivity contribution is -0.154. The van der Waals surface area contributed by atoms with Crippen LogP contribution in [0.15, 0.2) is 0 Å². The Labute approximate surface area is 111 Å². The minimum atomic E-state index is -2.61. The van der Waals surface area contributed by atoms with E-state index in [9.17, 15) is 18.4 Å². The molecule has 2 amide bonds. The molecule has 4 nitrogen and oxygen atoms in total. The molecule has 0 bridgehead atoms. The summed E-state index contributed by atoms with van der Waals surface area (Å²) >= 11 is 0. The molecule has 0 aromatic rings. The number of amides is 2. The van der Waals surface area contributed by atoms with Crippen molar-refractivity contribution in [3.63, 3.8) is 0 Å². The van der Waals surface area contributed by atoms with E-state index in [1.165, 1.54) is 0 Å². The lowest BCUT2D eigenvalue weighted by Gasteiger charge is -2.41. The van der Waals surface area contributed by atoms with E-state index in [-0.39, 0.29) is 23.7 Å². The maximum Gasteiger partial charge on any atom is 0.255 e. The maximum absolute atomic E-state index is 12.7. The molecule has 1 N–H and O–H groups in total. The van der Waals surface area contributed by atoms with E-state index in [0.717, 1.165) is 17.7 Å². The van der Waals surface area contributed by atoms with Crippen molar-refractivity contribution in [2.75, 3.05) is 6.54 Å². The van der Waals surface area contributed by atoms with E-state index in [0.29, 0.717) is 6.42 Å². The van der Waals surface area contributed by atoms with Crippen LogP contribution in [0.3, 0.4) is 0 Å². The Kier molecular flexibility index (Phi) is 4.06. The molecule has 6 heteroatoms. The van der Waals surface area contributed by atoms with Crippen molar-refractivity contribution >= 4 is 11.8 Å². The van der Waals surface area contributed by atoms with Crippen LogP contribution in [0.4, 0.5) is 8.78 Å². The first-order valence-electron chi connectivity index (χ1n) is 6.84. The molecular formula is C13H20F2N2O2. The second kappa shape index (κ2) is 5.43. The number of hydrogen-bond acceptors (Lipinski definition) is 2. The lowest BCUT2D eigenvalue weighted by atomic mass is 9.92. The molecular weight excluding hydrogens is 254 g/mol. The summed E-state index contributed by atoms with van der Waals surface area (Å²) in [4.78, 5) is 25.5. The molecule has 1 heterocycles. The summed E-state index contributed by atoms with van der Waals surface area (Å²) in [6, 6.07) is -1.35. The monoisotopic (exact) mass is 274 g/mol. The summed E-state index contributed by atoms with van der Waals surface area (Å²) in [5.41, 5.74) is 0. The number of alkyl halides is 2. The van der Waals surface area contributed by atoms with Gasteiger partial charge in [-0.05, 0) is 24.7 Å². The molecule has 3 atom stereocenters. The van der Waals surface area contributed by atoms with E-state index in [2.05, 4.69) is 5.32 Å². The van der Waals surface area contributed by atoms with Crippen molar-refractivity contribution < 1.29 is 18.4 Å². The van der Waals surface area contributed by atoms with Crippen LogP contribution in [0.5, 0.6) is 0 Å². The van der Waals surface area contributed by atoms with Crippen molar-refractivity contribution in [3.05, 3.63) is 0 Å². The average molecular weight is 274 g/mol.